The third-order valence-electron chi connectivity index (χ3n) is 3.60. The van der Waals surface area contributed by atoms with Crippen molar-refractivity contribution in [2.45, 2.75) is 39.5 Å². The van der Waals surface area contributed by atoms with Gasteiger partial charge in [-0.1, -0.05) is 17.7 Å². The van der Waals surface area contributed by atoms with Crippen LogP contribution in [0.1, 0.15) is 41.0 Å². The monoisotopic (exact) mass is 232 g/mol. The van der Waals surface area contributed by atoms with Crippen LogP contribution < -0.4 is 0 Å². The summed E-state index contributed by atoms with van der Waals surface area (Å²) in [6.07, 6.45) is 2.29. The number of hydrogen-bond acceptors (Lipinski definition) is 2. The van der Waals surface area contributed by atoms with E-state index in [2.05, 4.69) is 32.9 Å². The van der Waals surface area contributed by atoms with Crippen molar-refractivity contribution < 1.29 is 9.53 Å². The van der Waals surface area contributed by atoms with Gasteiger partial charge in [0.2, 0.25) is 0 Å². The first-order valence-electron chi connectivity index (χ1n) is 6.20. The number of ether oxygens (including phenoxy) is 1. The van der Waals surface area contributed by atoms with Gasteiger partial charge in [-0.3, -0.25) is 4.79 Å². The summed E-state index contributed by atoms with van der Waals surface area (Å²) in [6, 6.07) is 4.31. The van der Waals surface area contributed by atoms with Crippen molar-refractivity contribution in [2.75, 3.05) is 7.11 Å². The van der Waals surface area contributed by atoms with E-state index in [0.717, 1.165) is 12.8 Å². The molecule has 1 aliphatic carbocycles. The average Bonchev–Trinajstić information content (AvgIpc) is 3.05. The van der Waals surface area contributed by atoms with E-state index in [1.165, 1.54) is 29.4 Å². The molecule has 1 unspecified atom stereocenters. The fourth-order valence-electron chi connectivity index (χ4n) is 2.78. The second-order valence-electron chi connectivity index (χ2n) is 5.15. The summed E-state index contributed by atoms with van der Waals surface area (Å²) in [4.78, 5) is 12.0. The molecule has 1 fully saturated rings. The number of methoxy groups -OCH3 is 1. The molecule has 0 bridgehead atoms. The quantitative estimate of drug-likeness (QED) is 0.748. The van der Waals surface area contributed by atoms with Crippen molar-refractivity contribution in [3.05, 3.63) is 34.4 Å². The van der Waals surface area contributed by atoms with Gasteiger partial charge in [0.15, 0.2) is 0 Å². The van der Waals surface area contributed by atoms with Gasteiger partial charge in [0, 0.05) is 0 Å². The molecule has 0 aliphatic heterocycles. The first kappa shape index (κ1) is 12.2. The highest BCUT2D eigenvalue weighted by molar-refractivity contribution is 5.80. The van der Waals surface area contributed by atoms with Crippen LogP contribution in [0.25, 0.3) is 0 Å². The molecule has 0 spiro atoms. The Morgan fingerprint density at radius 1 is 1.24 bits per heavy atom. The maximum atomic E-state index is 12.0. The molecule has 0 saturated heterocycles. The smallest absolute Gasteiger partial charge is 0.313 e. The van der Waals surface area contributed by atoms with Crippen molar-refractivity contribution >= 4 is 5.97 Å². The minimum Gasteiger partial charge on any atom is -0.469 e. The Bertz CT molecular complexity index is 421. The molecule has 1 saturated carbocycles. The summed E-state index contributed by atoms with van der Waals surface area (Å²) in [7, 11) is 1.48. The van der Waals surface area contributed by atoms with Gasteiger partial charge in [-0.2, -0.15) is 0 Å². The van der Waals surface area contributed by atoms with Gasteiger partial charge in [-0.15, -0.1) is 0 Å². The minimum absolute atomic E-state index is 0.0550. The van der Waals surface area contributed by atoms with Crippen molar-refractivity contribution in [3.63, 3.8) is 0 Å². The first-order valence-corrected chi connectivity index (χ1v) is 6.20. The van der Waals surface area contributed by atoms with E-state index in [-0.39, 0.29) is 11.9 Å². The molecule has 0 aromatic heterocycles. The maximum Gasteiger partial charge on any atom is 0.313 e. The van der Waals surface area contributed by atoms with Crippen LogP contribution in [0.2, 0.25) is 0 Å². The van der Waals surface area contributed by atoms with Crippen LogP contribution in [-0.2, 0) is 9.53 Å². The molecule has 1 aliphatic rings. The van der Waals surface area contributed by atoms with Crippen LogP contribution in [0, 0.1) is 26.7 Å². The third kappa shape index (κ3) is 2.36. The van der Waals surface area contributed by atoms with Crippen LogP contribution in [-0.4, -0.2) is 13.1 Å². The highest BCUT2D eigenvalue weighted by Gasteiger charge is 2.39. The summed E-state index contributed by atoms with van der Waals surface area (Å²) in [5.41, 5.74) is 4.86. The molecule has 2 rings (SSSR count). The Kier molecular flexibility index (Phi) is 3.23. The lowest BCUT2D eigenvalue weighted by Crippen LogP contribution is -2.18. The summed E-state index contributed by atoms with van der Waals surface area (Å²) >= 11 is 0. The second kappa shape index (κ2) is 4.52. The molecule has 2 heteroatoms. The Labute approximate surface area is 103 Å². The van der Waals surface area contributed by atoms with E-state index in [9.17, 15) is 4.79 Å². The summed E-state index contributed by atoms with van der Waals surface area (Å²) in [6.45, 7) is 6.27. The van der Waals surface area contributed by atoms with E-state index in [0.29, 0.717) is 5.92 Å². The molecule has 0 amide bonds. The predicted molar refractivity (Wildman–Crippen MR) is 68.1 cm³/mol. The molecule has 1 aromatic rings. The average molecular weight is 232 g/mol. The number of rotatable bonds is 3. The van der Waals surface area contributed by atoms with Crippen molar-refractivity contribution in [1.29, 1.82) is 0 Å². The van der Waals surface area contributed by atoms with Crippen molar-refractivity contribution in [1.82, 2.24) is 0 Å². The van der Waals surface area contributed by atoms with Crippen LogP contribution in [0.15, 0.2) is 12.1 Å². The zero-order valence-corrected chi connectivity index (χ0v) is 11.0. The standard InChI is InChI=1S/C15H20O2/c1-9-7-10(2)13(11(3)8-9)14(12-5-6-12)15(16)17-4/h7-8,12,14H,5-6H2,1-4H3. The largest absolute Gasteiger partial charge is 0.469 e. The molecule has 0 heterocycles. The first-order chi connectivity index (χ1) is 8.04. The van der Waals surface area contributed by atoms with Crippen LogP contribution in [0.4, 0.5) is 0 Å². The van der Waals surface area contributed by atoms with E-state index in [4.69, 9.17) is 4.74 Å². The molecule has 0 N–H and O–H groups in total. The zero-order valence-electron chi connectivity index (χ0n) is 11.0. The Hall–Kier alpha value is -1.31. The lowest BCUT2D eigenvalue weighted by atomic mass is 9.86. The van der Waals surface area contributed by atoms with Crippen molar-refractivity contribution in [3.8, 4) is 0 Å². The molecule has 1 atom stereocenters. The van der Waals surface area contributed by atoms with Crippen LogP contribution in [0.5, 0.6) is 0 Å². The minimum atomic E-state index is -0.0810. The van der Waals surface area contributed by atoms with E-state index in [1.807, 2.05) is 0 Å². The Morgan fingerprint density at radius 2 is 1.76 bits per heavy atom. The molecular formula is C15H20O2. The van der Waals surface area contributed by atoms with Gasteiger partial charge >= 0.3 is 5.97 Å². The zero-order chi connectivity index (χ0) is 12.6. The molecule has 0 radical (unpaired) electrons. The fourth-order valence-corrected chi connectivity index (χ4v) is 2.78. The summed E-state index contributed by atoms with van der Waals surface area (Å²) in [5, 5.41) is 0. The van der Waals surface area contributed by atoms with E-state index >= 15 is 0 Å². The van der Waals surface area contributed by atoms with Crippen molar-refractivity contribution in [2.24, 2.45) is 5.92 Å². The van der Waals surface area contributed by atoms with Gasteiger partial charge < -0.3 is 4.74 Å². The van der Waals surface area contributed by atoms with Gasteiger partial charge in [-0.05, 0) is 56.2 Å². The molecule has 2 nitrogen and oxygen atoms in total. The highest BCUT2D eigenvalue weighted by Crippen LogP contribution is 2.45. The molecule has 1 aromatic carbocycles. The SMILES string of the molecule is COC(=O)C(c1c(C)cc(C)cc1C)C1CC1. The van der Waals surface area contributed by atoms with E-state index < -0.39 is 0 Å². The molecule has 17 heavy (non-hydrogen) atoms. The topological polar surface area (TPSA) is 26.3 Å². The van der Waals surface area contributed by atoms with Gasteiger partial charge in [0.1, 0.15) is 0 Å². The Balaban J connectivity index is 2.46. The van der Waals surface area contributed by atoms with Gasteiger partial charge in [-0.25, -0.2) is 0 Å². The number of carbonyl (C=O) groups excluding carboxylic acids is 1. The highest BCUT2D eigenvalue weighted by atomic mass is 16.5. The van der Waals surface area contributed by atoms with Crippen LogP contribution in [0.3, 0.4) is 0 Å². The lowest BCUT2D eigenvalue weighted by Gasteiger charge is -2.19. The number of aryl methyl sites for hydroxylation is 3. The number of benzene rings is 1. The predicted octanol–water partition coefficient (Wildman–Crippen LogP) is 3.28. The molecule has 92 valence electrons. The number of esters is 1. The summed E-state index contributed by atoms with van der Waals surface area (Å²) < 4.78 is 4.97. The Morgan fingerprint density at radius 3 is 2.18 bits per heavy atom. The second-order valence-corrected chi connectivity index (χ2v) is 5.15. The van der Waals surface area contributed by atoms with Gasteiger partial charge in [0.25, 0.3) is 0 Å². The van der Waals surface area contributed by atoms with Gasteiger partial charge in [0.05, 0.1) is 13.0 Å². The fraction of sp³-hybridized carbons (Fsp3) is 0.533. The number of carbonyl (C=O) groups is 1. The maximum absolute atomic E-state index is 12.0. The van der Waals surface area contributed by atoms with Crippen LogP contribution >= 0.6 is 0 Å². The number of hydrogen-bond donors (Lipinski definition) is 0. The molecular weight excluding hydrogens is 212 g/mol. The van der Waals surface area contributed by atoms with E-state index in [1.54, 1.807) is 0 Å². The normalized spacial score (nSPS) is 16.7. The summed E-state index contributed by atoms with van der Waals surface area (Å²) in [5.74, 6) is 0.353. The third-order valence-corrected chi connectivity index (χ3v) is 3.60. The lowest BCUT2D eigenvalue weighted by molar-refractivity contribution is -0.143.